The molecule has 0 aliphatic rings. The van der Waals surface area contributed by atoms with Crippen molar-refractivity contribution in [2.75, 3.05) is 0 Å². The fraction of sp³-hybridized carbons (Fsp3) is 0.185. The summed E-state index contributed by atoms with van der Waals surface area (Å²) in [7, 11) is 0. The van der Waals surface area contributed by atoms with Gasteiger partial charge in [0, 0.05) is 0 Å². The fourth-order valence-electron chi connectivity index (χ4n) is 3.82. The van der Waals surface area contributed by atoms with Crippen molar-refractivity contribution in [1.82, 2.24) is 5.32 Å². The van der Waals surface area contributed by atoms with Gasteiger partial charge in [-0.05, 0) is 37.0 Å². The number of carbonyl (C=O) groups excluding carboxylic acids is 2. The van der Waals surface area contributed by atoms with Crippen LogP contribution in [-0.2, 0) is 15.0 Å². The van der Waals surface area contributed by atoms with Crippen LogP contribution in [0.25, 0.3) is 0 Å². The van der Waals surface area contributed by atoms with E-state index < -0.39 is 17.4 Å². The minimum atomic E-state index is -1.14. The van der Waals surface area contributed by atoms with E-state index in [0.717, 1.165) is 22.3 Å². The highest BCUT2D eigenvalue weighted by Gasteiger charge is 2.44. The summed E-state index contributed by atoms with van der Waals surface area (Å²) in [5.74, 6) is -0.851. The van der Waals surface area contributed by atoms with Crippen molar-refractivity contribution in [3.63, 3.8) is 0 Å². The Morgan fingerprint density at radius 1 is 0.806 bits per heavy atom. The van der Waals surface area contributed by atoms with Crippen molar-refractivity contribution >= 4 is 11.8 Å². The van der Waals surface area contributed by atoms with Crippen LogP contribution in [0.5, 0.6) is 0 Å². The summed E-state index contributed by atoms with van der Waals surface area (Å²) in [6.07, 6.45) is 2.25. The summed E-state index contributed by atoms with van der Waals surface area (Å²) in [6, 6.07) is 28.1. The van der Waals surface area contributed by atoms with Crippen molar-refractivity contribution in [2.24, 2.45) is 5.73 Å². The number of benzene rings is 3. The highest BCUT2D eigenvalue weighted by molar-refractivity contribution is 5.98. The molecule has 3 rings (SSSR count). The first-order valence-corrected chi connectivity index (χ1v) is 10.4. The zero-order valence-electron chi connectivity index (χ0n) is 17.9. The summed E-state index contributed by atoms with van der Waals surface area (Å²) >= 11 is 0. The lowest BCUT2D eigenvalue weighted by molar-refractivity contribution is -0.129. The number of allylic oxidation sites excluding steroid dienone is 1. The zero-order valence-corrected chi connectivity index (χ0v) is 17.9. The van der Waals surface area contributed by atoms with Gasteiger partial charge >= 0.3 is 0 Å². The van der Waals surface area contributed by atoms with Crippen LogP contribution >= 0.6 is 0 Å². The van der Waals surface area contributed by atoms with Gasteiger partial charge in [0.15, 0.2) is 0 Å². The molecule has 0 saturated carbocycles. The normalized spacial score (nSPS) is 11.9. The molecule has 0 unspecified atom stereocenters. The van der Waals surface area contributed by atoms with Gasteiger partial charge in [0.25, 0.3) is 0 Å². The molecule has 0 spiro atoms. The molecule has 0 aromatic heterocycles. The van der Waals surface area contributed by atoms with Crippen LogP contribution in [0, 0.1) is 0 Å². The Hall–Kier alpha value is -3.66. The average Bonchev–Trinajstić information content (AvgIpc) is 2.79. The largest absolute Gasteiger partial charge is 0.368 e. The molecule has 158 valence electrons. The predicted octanol–water partition coefficient (Wildman–Crippen LogP) is 4.35. The van der Waals surface area contributed by atoms with Gasteiger partial charge in [-0.25, -0.2) is 0 Å². The van der Waals surface area contributed by atoms with E-state index in [4.69, 9.17) is 5.73 Å². The monoisotopic (exact) mass is 412 g/mol. The van der Waals surface area contributed by atoms with Gasteiger partial charge < -0.3 is 11.1 Å². The second kappa shape index (κ2) is 9.90. The molecule has 0 aliphatic heterocycles. The smallest absolute Gasteiger partial charge is 0.240 e. The summed E-state index contributed by atoms with van der Waals surface area (Å²) in [5.41, 5.74) is 8.01. The van der Waals surface area contributed by atoms with E-state index in [1.807, 2.05) is 111 Å². The summed E-state index contributed by atoms with van der Waals surface area (Å²) in [4.78, 5) is 26.2. The number of hydrogen-bond donors (Lipinski definition) is 2. The Balaban J connectivity index is 2.21. The second-order valence-electron chi connectivity index (χ2n) is 7.79. The number of nitrogens with two attached hydrogens (primary N) is 1. The van der Waals surface area contributed by atoms with Crippen LogP contribution in [0.3, 0.4) is 0 Å². The number of primary amides is 1. The first-order valence-electron chi connectivity index (χ1n) is 10.4. The standard InChI is InChI=1S/C27H28N2O2/c1-20(2)18-19-24(25(28)30)29-26(31)27(21-12-6-3-7-13-21,22-14-8-4-9-15-22)23-16-10-5-11-17-23/h3-18,24H,19H2,1-2H3,(H2,28,30)(H,29,31)/t24-/m1/s1. The predicted molar refractivity (Wildman–Crippen MR) is 124 cm³/mol. The van der Waals surface area contributed by atoms with Gasteiger partial charge in [-0.2, -0.15) is 0 Å². The molecule has 0 bridgehead atoms. The van der Waals surface area contributed by atoms with Crippen molar-refractivity contribution in [3.8, 4) is 0 Å². The molecule has 4 heteroatoms. The highest BCUT2D eigenvalue weighted by atomic mass is 16.2. The summed E-state index contributed by atoms with van der Waals surface area (Å²) in [6.45, 7) is 3.89. The Morgan fingerprint density at radius 2 is 1.19 bits per heavy atom. The van der Waals surface area contributed by atoms with E-state index in [0.29, 0.717) is 6.42 Å². The SMILES string of the molecule is CC(C)=CC[C@@H](NC(=O)C(c1ccccc1)(c1ccccc1)c1ccccc1)C(N)=O. The Labute approximate surface area is 183 Å². The quantitative estimate of drug-likeness (QED) is 0.427. The molecular weight excluding hydrogens is 384 g/mol. The van der Waals surface area contributed by atoms with Gasteiger partial charge in [-0.1, -0.05) is 103 Å². The molecule has 4 nitrogen and oxygen atoms in total. The number of amides is 2. The molecule has 0 heterocycles. The fourth-order valence-corrected chi connectivity index (χ4v) is 3.82. The lowest BCUT2D eigenvalue weighted by Crippen LogP contribution is -2.53. The van der Waals surface area contributed by atoms with E-state index in [1.165, 1.54) is 0 Å². The van der Waals surface area contributed by atoms with Crippen LogP contribution in [0.4, 0.5) is 0 Å². The van der Waals surface area contributed by atoms with Crippen LogP contribution in [0.15, 0.2) is 103 Å². The minimum absolute atomic E-state index is 0.290. The molecular formula is C27H28N2O2. The third kappa shape index (κ3) is 4.75. The molecule has 2 amide bonds. The minimum Gasteiger partial charge on any atom is -0.368 e. The van der Waals surface area contributed by atoms with Gasteiger partial charge in [-0.3, -0.25) is 9.59 Å². The Kier molecular flexibility index (Phi) is 7.03. The molecule has 0 fully saturated rings. The highest BCUT2D eigenvalue weighted by Crippen LogP contribution is 2.39. The van der Waals surface area contributed by atoms with Crippen molar-refractivity contribution in [2.45, 2.75) is 31.7 Å². The maximum Gasteiger partial charge on any atom is 0.240 e. The molecule has 3 aromatic carbocycles. The number of hydrogen-bond acceptors (Lipinski definition) is 2. The number of rotatable bonds is 8. The van der Waals surface area contributed by atoms with Crippen LogP contribution in [0.2, 0.25) is 0 Å². The van der Waals surface area contributed by atoms with E-state index in [1.54, 1.807) is 0 Å². The molecule has 0 aliphatic carbocycles. The first kappa shape index (κ1) is 22.0. The van der Waals surface area contributed by atoms with Crippen LogP contribution in [0.1, 0.15) is 37.0 Å². The average molecular weight is 413 g/mol. The molecule has 3 N–H and O–H groups in total. The lowest BCUT2D eigenvalue weighted by atomic mass is 9.68. The second-order valence-corrected chi connectivity index (χ2v) is 7.79. The molecule has 31 heavy (non-hydrogen) atoms. The van der Waals surface area contributed by atoms with Gasteiger partial charge in [-0.15, -0.1) is 0 Å². The number of carbonyl (C=O) groups is 2. The summed E-state index contributed by atoms with van der Waals surface area (Å²) < 4.78 is 0. The van der Waals surface area contributed by atoms with Crippen molar-refractivity contribution < 1.29 is 9.59 Å². The van der Waals surface area contributed by atoms with E-state index in [9.17, 15) is 9.59 Å². The molecule has 3 aromatic rings. The number of nitrogens with one attached hydrogen (secondary N) is 1. The zero-order chi connectivity index (χ0) is 22.3. The third-order valence-corrected chi connectivity index (χ3v) is 5.37. The van der Waals surface area contributed by atoms with E-state index in [-0.39, 0.29) is 5.91 Å². The third-order valence-electron chi connectivity index (χ3n) is 5.37. The molecule has 0 saturated heterocycles. The molecule has 0 radical (unpaired) electrons. The summed E-state index contributed by atoms with van der Waals surface area (Å²) in [5, 5.41) is 2.95. The van der Waals surface area contributed by atoms with Crippen LogP contribution in [-0.4, -0.2) is 17.9 Å². The van der Waals surface area contributed by atoms with Gasteiger partial charge in [0.1, 0.15) is 11.5 Å². The van der Waals surface area contributed by atoms with Crippen LogP contribution < -0.4 is 11.1 Å². The molecule has 1 atom stereocenters. The maximum atomic E-state index is 14.1. The Morgan fingerprint density at radius 3 is 1.52 bits per heavy atom. The van der Waals surface area contributed by atoms with Gasteiger partial charge in [0.2, 0.25) is 11.8 Å². The van der Waals surface area contributed by atoms with Crippen molar-refractivity contribution in [1.29, 1.82) is 0 Å². The van der Waals surface area contributed by atoms with Crippen molar-refractivity contribution in [3.05, 3.63) is 119 Å². The van der Waals surface area contributed by atoms with E-state index in [2.05, 4.69) is 5.32 Å². The first-order chi connectivity index (χ1) is 15.0. The van der Waals surface area contributed by atoms with E-state index >= 15 is 0 Å². The lowest BCUT2D eigenvalue weighted by Gasteiger charge is -2.35. The topological polar surface area (TPSA) is 72.2 Å². The van der Waals surface area contributed by atoms with Gasteiger partial charge in [0.05, 0.1) is 0 Å². The Bertz CT molecular complexity index is 944. The maximum absolute atomic E-state index is 14.1.